The summed E-state index contributed by atoms with van der Waals surface area (Å²) in [5.41, 5.74) is 23.0. The molecule has 19 rings (SSSR count). The van der Waals surface area contributed by atoms with E-state index in [-0.39, 0.29) is 59.3 Å². The molecule has 0 bridgehead atoms. The molecule has 0 N–H and O–H groups in total. The molecule has 0 aliphatic rings. The van der Waals surface area contributed by atoms with Gasteiger partial charge in [-0.3, -0.25) is 4.98 Å². The van der Waals surface area contributed by atoms with E-state index in [1.165, 1.54) is 136 Å². The van der Waals surface area contributed by atoms with Crippen molar-refractivity contribution in [2.75, 3.05) is 9.80 Å². The normalized spacial score (nSPS) is 10.7. The summed E-state index contributed by atoms with van der Waals surface area (Å²) in [7, 11) is 3.75. The van der Waals surface area contributed by atoms with Gasteiger partial charge in [0.2, 0.25) is 0 Å². The fourth-order valence-electron chi connectivity index (χ4n) is 15.7. The van der Waals surface area contributed by atoms with Crippen LogP contribution in [0.3, 0.4) is 0 Å². The summed E-state index contributed by atoms with van der Waals surface area (Å²) in [6.07, 6.45) is 1.63. The molecule has 0 amide bonds. The van der Waals surface area contributed by atoms with Gasteiger partial charge in [0.05, 0.1) is 35.1 Å². The van der Waals surface area contributed by atoms with Gasteiger partial charge < -0.3 is 22.3 Å². The number of anilines is 6. The zero-order chi connectivity index (χ0) is 75.4. The summed E-state index contributed by atoms with van der Waals surface area (Å²) < 4.78 is 5.25. The summed E-state index contributed by atoms with van der Waals surface area (Å²) >= 11 is 1.87. The van der Waals surface area contributed by atoms with Crippen molar-refractivity contribution >= 4 is 143 Å². The molecule has 0 unspecified atom stereocenters. The Morgan fingerprint density at radius 1 is 0.398 bits per heavy atom. The van der Waals surface area contributed by atoms with Gasteiger partial charge in [-0.1, -0.05) is 273 Å². The monoisotopic (exact) mass is 1450 g/mol. The second kappa shape index (κ2) is 34.7. The number of thiophene rings is 1. The van der Waals surface area contributed by atoms with Crippen LogP contribution in [0.5, 0.6) is 5.75 Å². The number of pyridine rings is 1. The number of rotatable bonds is 11. The van der Waals surface area contributed by atoms with Crippen LogP contribution in [0.2, 0.25) is 0 Å². The number of nitrogens with zero attached hydrogens (tertiary/aromatic N) is 5. The number of fused-ring (bicyclic) bond motifs is 4. The molecule has 17 aromatic carbocycles. The van der Waals surface area contributed by atoms with E-state index in [9.17, 15) is 10.4 Å². The molecule has 0 saturated heterocycles. The van der Waals surface area contributed by atoms with Crippen molar-refractivity contribution in [2.24, 2.45) is 0 Å². The molecule has 0 spiro atoms. The first-order chi connectivity index (χ1) is 54.1. The van der Waals surface area contributed by atoms with Gasteiger partial charge in [-0.25, -0.2) is 4.85 Å². The molecule has 527 valence electrons. The average molecular weight is 1450 g/mol. The molecule has 11 heteroatoms. The quantitative estimate of drug-likeness (QED) is 0.0558. The Labute approximate surface area is 694 Å². The van der Waals surface area contributed by atoms with Gasteiger partial charge in [0.25, 0.3) is 0 Å². The molecule has 0 fully saturated rings. The Morgan fingerprint density at radius 2 is 0.841 bits per heavy atom. The molecule has 2 aromatic heterocycles. The fourth-order valence-corrected chi connectivity index (χ4v) is 16.9. The van der Waals surface area contributed by atoms with Gasteiger partial charge in [0.1, 0.15) is 0 Å². The number of nitriles is 1. The summed E-state index contributed by atoms with van der Waals surface area (Å²) in [6, 6.07) is 124. The van der Waals surface area contributed by atoms with Gasteiger partial charge >= 0.3 is 37.7 Å². The average Bonchev–Trinajstić information content (AvgIpc) is 0.779. The Balaban J connectivity index is 0.000000177. The molecule has 0 aliphatic heterocycles. The molecular formula is C102H74B2Li2N5OS. The standard InChI is InChI=1S/C46H34N4.C46H30S.C9H7NO.CH3.BH.B.2Li/c1-29-10-6-8-12-41(29)49(35-18-14-33(28-47)15-19-35)43-26-31(3)37-23-25-40-44(27-32(4)38-22-24-39(43)45(37)46(38)40)50(42-13-9-7-11-30(42)2)36-20-16-34(48-5)17-21-36;1-3-15-32(16-4-1)42-30-43(47-46(42)33-18-5-2-6-19-33)34-21-13-22-35(29-34)44-38-24-9-11-26-40(38)45(41-27-12-10-25-39(41)44)37-28-14-20-31-17-7-8-23-36(31)37;11-8-5-1-3-7-4-2-6-10-9(7)8;;;;;/h6-27H,1-4H3;1-30H;1-6,11H;1H3;1H;;;/q;;;-1;;;2*+1/p-1/i;;;;1D;;;. The maximum absolute atomic E-state index is 11.1. The molecular weight excluding hydrogens is 1380 g/mol. The van der Waals surface area contributed by atoms with Crippen molar-refractivity contribution in [3.8, 4) is 66.1 Å². The first-order valence-corrected chi connectivity index (χ1v) is 37.1. The smallest absolute Gasteiger partial charge is 0.871 e. The molecule has 5 radical (unpaired) electrons. The van der Waals surface area contributed by atoms with Crippen LogP contribution >= 0.6 is 11.3 Å². The molecule has 6 nitrogen and oxygen atoms in total. The first-order valence-electron chi connectivity index (χ1n) is 36.9. The molecule has 19 aromatic rings. The predicted octanol–water partition coefficient (Wildman–Crippen LogP) is 21.5. The van der Waals surface area contributed by atoms with E-state index < -0.39 is 0 Å². The third-order valence-electron chi connectivity index (χ3n) is 20.8. The van der Waals surface area contributed by atoms with Crippen molar-refractivity contribution < 1.29 is 42.8 Å². The van der Waals surface area contributed by atoms with Crippen molar-refractivity contribution in [2.45, 2.75) is 27.7 Å². The zero-order valence-corrected chi connectivity index (χ0v) is 65.0. The van der Waals surface area contributed by atoms with Gasteiger partial charge in [-0.15, -0.1) is 11.3 Å². The maximum atomic E-state index is 11.1. The van der Waals surface area contributed by atoms with Gasteiger partial charge in [0.15, 0.2) is 5.69 Å². The van der Waals surface area contributed by atoms with Crippen LogP contribution in [0, 0.1) is 53.0 Å². The van der Waals surface area contributed by atoms with E-state index in [1.807, 2.05) is 78.1 Å². The van der Waals surface area contributed by atoms with Crippen molar-refractivity contribution in [3.05, 3.63) is 399 Å². The second-order valence-corrected chi connectivity index (χ2v) is 28.4. The van der Waals surface area contributed by atoms with Crippen molar-refractivity contribution in [1.29, 1.82) is 6.60 Å². The number of aromatic nitrogens is 1. The molecule has 2 heterocycles. The Hall–Kier alpha value is -12.6. The summed E-state index contributed by atoms with van der Waals surface area (Å²) in [5, 5.41) is 36.5. The second-order valence-electron chi connectivity index (χ2n) is 27.4. The Kier molecular flexibility index (Phi) is 24.1. The fraction of sp³-hybridized carbons (Fsp3) is 0.0392. The van der Waals surface area contributed by atoms with E-state index >= 15 is 0 Å². The number of aryl methyl sites for hydroxylation is 4. The van der Waals surface area contributed by atoms with E-state index in [0.29, 0.717) is 16.8 Å². The molecule has 0 saturated carbocycles. The summed E-state index contributed by atoms with van der Waals surface area (Å²) in [6.45, 7) is 16.2. The molecule has 0 atom stereocenters. The van der Waals surface area contributed by atoms with Gasteiger partial charge in [-0.2, -0.15) is 5.26 Å². The number of para-hydroxylation sites is 3. The third-order valence-corrected chi connectivity index (χ3v) is 22.1. The number of hydrogen-bond donors (Lipinski definition) is 0. The van der Waals surface area contributed by atoms with Crippen LogP contribution in [-0.4, -0.2) is 23.1 Å². The predicted molar refractivity (Wildman–Crippen MR) is 474 cm³/mol. The third kappa shape index (κ3) is 15.2. The minimum absolute atomic E-state index is 0. The van der Waals surface area contributed by atoms with Gasteiger partial charge in [0, 0.05) is 71.8 Å². The number of benzene rings is 17. The van der Waals surface area contributed by atoms with Crippen molar-refractivity contribution in [3.63, 3.8) is 0 Å². The van der Waals surface area contributed by atoms with E-state index in [2.05, 4.69) is 329 Å². The number of hydrogen-bond acceptors (Lipinski definition) is 6. The van der Waals surface area contributed by atoms with Crippen LogP contribution in [-0.2, 0) is 0 Å². The molecule has 113 heavy (non-hydrogen) atoms. The van der Waals surface area contributed by atoms with E-state index in [1.54, 1.807) is 12.3 Å². The van der Waals surface area contributed by atoms with Crippen LogP contribution < -0.4 is 52.6 Å². The van der Waals surface area contributed by atoms with Crippen LogP contribution in [0.1, 0.15) is 27.8 Å². The zero-order valence-electron chi connectivity index (χ0n) is 65.2. The summed E-state index contributed by atoms with van der Waals surface area (Å²) in [5.74, 6) is -0.0110. The minimum Gasteiger partial charge on any atom is -0.871 e. The van der Waals surface area contributed by atoms with E-state index in [4.69, 9.17) is 7.91 Å². The van der Waals surface area contributed by atoms with Crippen LogP contribution in [0.15, 0.2) is 352 Å². The van der Waals surface area contributed by atoms with Crippen molar-refractivity contribution in [1.82, 2.24) is 4.98 Å². The molecule has 0 aliphatic carbocycles. The summed E-state index contributed by atoms with van der Waals surface area (Å²) in [4.78, 5) is 14.9. The maximum Gasteiger partial charge on any atom is 1.00 e. The minimum atomic E-state index is -0.0110. The first kappa shape index (κ1) is 78.5. The largest absolute Gasteiger partial charge is 1.00 e. The Bertz CT molecular complexity index is 6440. The van der Waals surface area contributed by atoms with Crippen LogP contribution in [0.4, 0.5) is 39.8 Å². The topological polar surface area (TPSA) is 70.6 Å². The van der Waals surface area contributed by atoms with E-state index in [0.717, 1.165) is 50.5 Å². The van der Waals surface area contributed by atoms with Crippen LogP contribution in [0.25, 0.3) is 135 Å². The Morgan fingerprint density at radius 3 is 1.39 bits per heavy atom. The SMILES string of the molecule is [2H][B].[B].[C-]#[N+]c1ccc(N(c2ccccc2C)c2cc(C)c3ccc4c(N(c5ccc(C#N)cc5)c5ccccc5C)cc(C)c5ccc2c3c54)cc1.[CH3-].[Li+].[Li+].[O-]c1cccc2cccnc12.c1ccc(-c2cc(-c3cccc(-c4c5ccccc5c(-c5cccc6ccccc56)c5ccccc45)c3)sc2-c2ccccc2)cc1. The van der Waals surface area contributed by atoms with Gasteiger partial charge in [-0.05, 0) is 228 Å².